The number of rotatable bonds is 5. The van der Waals surface area contributed by atoms with Crippen LogP contribution in [0.5, 0.6) is 5.75 Å². The van der Waals surface area contributed by atoms with E-state index in [1.165, 1.54) is 12.1 Å². The average Bonchev–Trinajstić information content (AvgIpc) is 3.61. The normalized spacial score (nSPS) is 19.9. The van der Waals surface area contributed by atoms with Crippen molar-refractivity contribution in [1.29, 1.82) is 0 Å². The van der Waals surface area contributed by atoms with Gasteiger partial charge in [-0.05, 0) is 44.7 Å². The highest BCUT2D eigenvalue weighted by molar-refractivity contribution is 5.81. The zero-order valence-electron chi connectivity index (χ0n) is 20.0. The van der Waals surface area contributed by atoms with Gasteiger partial charge in [-0.25, -0.2) is 22.9 Å². The number of anilines is 1. The third-order valence-corrected chi connectivity index (χ3v) is 6.83. The molecule has 1 aliphatic heterocycles. The standard InChI is InChI=1S/C25H25F3N4O5/c1-25(2,12-3-4-12)30-24(36)37-19-11-32(21-15(27)7-13(26)8-16(21)28)23-14(22(19)35)5-6-20(29-23)31-9-17(33)18(34)10-31/h5-8,11-12,17-18,33-34H,3-4,9-10H2,1-2H3,(H,30,36)/t17-,18-/m1/s1. The van der Waals surface area contributed by atoms with Crippen LogP contribution in [0.3, 0.4) is 0 Å². The number of aliphatic hydroxyl groups excluding tert-OH is 2. The second kappa shape index (κ2) is 9.03. The molecule has 1 saturated carbocycles. The minimum absolute atomic E-state index is 0.0430. The molecular formula is C25H25F3N4O5. The van der Waals surface area contributed by atoms with Crippen molar-refractivity contribution in [1.82, 2.24) is 14.9 Å². The number of aliphatic hydroxyl groups is 2. The van der Waals surface area contributed by atoms with Crippen LogP contribution in [0.1, 0.15) is 26.7 Å². The Kier molecular flexibility index (Phi) is 6.11. The number of β-amino-alcohol motifs (C(OH)–C–C–N with tert-alkyl or cyclic N) is 2. The number of halogens is 3. The van der Waals surface area contributed by atoms with Crippen LogP contribution in [0.4, 0.5) is 23.8 Å². The maximum Gasteiger partial charge on any atom is 0.413 e. The van der Waals surface area contributed by atoms with Gasteiger partial charge in [-0.1, -0.05) is 0 Å². The summed E-state index contributed by atoms with van der Waals surface area (Å²) in [6.45, 7) is 3.74. The fraction of sp³-hybridized carbons (Fsp3) is 0.400. The first kappa shape index (κ1) is 25.0. The largest absolute Gasteiger partial charge is 0.413 e. The molecule has 3 aromatic rings. The highest BCUT2D eigenvalue weighted by atomic mass is 19.1. The number of nitrogens with zero attached hydrogens (tertiary/aromatic N) is 3. The number of benzene rings is 1. The molecule has 1 aliphatic carbocycles. The Morgan fingerprint density at radius 1 is 1.11 bits per heavy atom. The van der Waals surface area contributed by atoms with E-state index in [1.807, 2.05) is 13.8 Å². The maximum absolute atomic E-state index is 14.8. The van der Waals surface area contributed by atoms with Gasteiger partial charge >= 0.3 is 6.09 Å². The van der Waals surface area contributed by atoms with Gasteiger partial charge in [0.1, 0.15) is 17.3 Å². The predicted molar refractivity (Wildman–Crippen MR) is 127 cm³/mol. The zero-order chi connectivity index (χ0) is 26.6. The van der Waals surface area contributed by atoms with Crippen molar-refractivity contribution < 1.29 is 32.9 Å². The van der Waals surface area contributed by atoms with E-state index in [0.29, 0.717) is 12.1 Å². The Morgan fingerprint density at radius 3 is 2.32 bits per heavy atom. The minimum atomic E-state index is -1.27. The van der Waals surface area contributed by atoms with Crippen molar-refractivity contribution in [2.75, 3.05) is 18.0 Å². The van der Waals surface area contributed by atoms with E-state index in [2.05, 4.69) is 10.3 Å². The second-order valence-corrected chi connectivity index (χ2v) is 10.0. The van der Waals surface area contributed by atoms with Gasteiger partial charge in [0.15, 0.2) is 23.0 Å². The van der Waals surface area contributed by atoms with Gasteiger partial charge in [0.05, 0.1) is 23.8 Å². The van der Waals surface area contributed by atoms with Crippen LogP contribution < -0.4 is 20.4 Å². The number of nitrogens with one attached hydrogen (secondary N) is 1. The van der Waals surface area contributed by atoms with Crippen LogP contribution in [0.2, 0.25) is 0 Å². The summed E-state index contributed by atoms with van der Waals surface area (Å²) in [7, 11) is 0. The summed E-state index contributed by atoms with van der Waals surface area (Å²) >= 11 is 0. The lowest BCUT2D eigenvalue weighted by Gasteiger charge is -2.25. The van der Waals surface area contributed by atoms with Gasteiger partial charge in [-0.2, -0.15) is 0 Å². The molecule has 5 rings (SSSR count). The van der Waals surface area contributed by atoms with Crippen LogP contribution in [-0.2, 0) is 0 Å². The summed E-state index contributed by atoms with van der Waals surface area (Å²) in [5.74, 6) is -3.71. The summed E-state index contributed by atoms with van der Waals surface area (Å²) in [5, 5.41) is 22.4. The summed E-state index contributed by atoms with van der Waals surface area (Å²) in [6, 6.07) is 3.73. The molecule has 1 amide bonds. The molecule has 1 saturated heterocycles. The SMILES string of the molecule is CC(C)(NC(=O)Oc1cn(-c2c(F)cc(F)cc2F)c2nc(N3C[C@@H](O)[C@H](O)C3)ccc2c1=O)C1CC1. The van der Waals surface area contributed by atoms with Crippen LogP contribution in [0, 0.1) is 23.4 Å². The van der Waals surface area contributed by atoms with Crippen molar-refractivity contribution in [3.8, 4) is 11.4 Å². The second-order valence-electron chi connectivity index (χ2n) is 10.0. The molecule has 9 nitrogen and oxygen atoms in total. The smallest absolute Gasteiger partial charge is 0.405 e. The third-order valence-electron chi connectivity index (χ3n) is 6.83. The predicted octanol–water partition coefficient (Wildman–Crippen LogP) is 2.62. The molecule has 3 N–H and O–H groups in total. The molecule has 0 radical (unpaired) electrons. The first-order valence-corrected chi connectivity index (χ1v) is 11.8. The molecule has 196 valence electrons. The number of fused-ring (bicyclic) bond motifs is 1. The quantitative estimate of drug-likeness (QED) is 0.476. The van der Waals surface area contributed by atoms with Gasteiger partial charge < -0.3 is 25.2 Å². The Bertz CT molecular complexity index is 1420. The molecule has 2 aromatic heterocycles. The van der Waals surface area contributed by atoms with E-state index in [1.54, 1.807) is 4.90 Å². The Hall–Kier alpha value is -3.64. The van der Waals surface area contributed by atoms with Crippen LogP contribution in [0.15, 0.2) is 35.3 Å². The van der Waals surface area contributed by atoms with Crippen LogP contribution >= 0.6 is 0 Å². The Labute approximate surface area is 209 Å². The number of ether oxygens (including phenoxy) is 1. The lowest BCUT2D eigenvalue weighted by molar-refractivity contribution is 0.0572. The van der Waals surface area contributed by atoms with Gasteiger partial charge in [-0.3, -0.25) is 9.36 Å². The lowest BCUT2D eigenvalue weighted by Crippen LogP contribution is -2.46. The molecule has 0 unspecified atom stereocenters. The number of carbonyl (C=O) groups excluding carboxylic acids is 1. The van der Waals surface area contributed by atoms with Gasteiger partial charge in [-0.15, -0.1) is 0 Å². The van der Waals surface area contributed by atoms with E-state index in [-0.39, 0.29) is 35.9 Å². The van der Waals surface area contributed by atoms with E-state index in [0.717, 1.165) is 23.6 Å². The Balaban J connectivity index is 1.63. The minimum Gasteiger partial charge on any atom is -0.405 e. The highest BCUT2D eigenvalue weighted by Gasteiger charge is 2.39. The molecule has 0 spiro atoms. The number of aromatic nitrogens is 2. The van der Waals surface area contributed by atoms with Crippen molar-refractivity contribution >= 4 is 22.9 Å². The van der Waals surface area contributed by atoms with Crippen molar-refractivity contribution in [3.05, 3.63) is 58.1 Å². The molecule has 3 heterocycles. The molecule has 2 atom stereocenters. The molecule has 2 fully saturated rings. The fourth-order valence-electron chi connectivity index (χ4n) is 4.61. The number of hydrogen-bond donors (Lipinski definition) is 3. The van der Waals surface area contributed by atoms with Crippen LogP contribution in [-0.4, -0.2) is 56.7 Å². The van der Waals surface area contributed by atoms with Crippen LogP contribution in [0.25, 0.3) is 16.7 Å². The molecular weight excluding hydrogens is 493 g/mol. The van der Waals surface area contributed by atoms with E-state index in [4.69, 9.17) is 4.74 Å². The molecule has 0 bridgehead atoms. The van der Waals surface area contributed by atoms with Gasteiger partial charge in [0.25, 0.3) is 0 Å². The van der Waals surface area contributed by atoms with E-state index in [9.17, 15) is 33.0 Å². The van der Waals surface area contributed by atoms with Gasteiger partial charge in [0.2, 0.25) is 5.43 Å². The summed E-state index contributed by atoms with van der Waals surface area (Å²) in [4.78, 5) is 31.7. The fourth-order valence-corrected chi connectivity index (χ4v) is 4.61. The lowest BCUT2D eigenvalue weighted by atomic mass is 9.99. The van der Waals surface area contributed by atoms with E-state index < -0.39 is 58.2 Å². The monoisotopic (exact) mass is 518 g/mol. The topological polar surface area (TPSA) is 117 Å². The number of hydrogen-bond acceptors (Lipinski definition) is 7. The highest BCUT2D eigenvalue weighted by Crippen LogP contribution is 2.39. The zero-order valence-corrected chi connectivity index (χ0v) is 20.0. The number of amides is 1. The average molecular weight is 518 g/mol. The first-order chi connectivity index (χ1) is 17.4. The van der Waals surface area contributed by atoms with Gasteiger partial charge in [0, 0.05) is 30.8 Å². The van der Waals surface area contributed by atoms with Crippen molar-refractivity contribution in [2.45, 2.75) is 44.4 Å². The molecule has 2 aliphatic rings. The molecule has 1 aromatic carbocycles. The maximum atomic E-state index is 14.8. The third kappa shape index (κ3) is 4.74. The van der Waals surface area contributed by atoms with E-state index >= 15 is 0 Å². The van der Waals surface area contributed by atoms with Crippen molar-refractivity contribution in [3.63, 3.8) is 0 Å². The Morgan fingerprint density at radius 2 is 1.73 bits per heavy atom. The molecule has 12 heteroatoms. The summed E-state index contributed by atoms with van der Waals surface area (Å²) < 4.78 is 49.5. The summed E-state index contributed by atoms with van der Waals surface area (Å²) in [6.07, 6.45) is -0.152. The van der Waals surface area contributed by atoms with Crippen molar-refractivity contribution in [2.24, 2.45) is 5.92 Å². The first-order valence-electron chi connectivity index (χ1n) is 11.8. The number of pyridine rings is 2. The number of carbonyl (C=O) groups is 1. The molecule has 37 heavy (non-hydrogen) atoms. The summed E-state index contributed by atoms with van der Waals surface area (Å²) in [5.41, 5.74) is -2.27.